The molecule has 10 heteroatoms. The summed E-state index contributed by atoms with van der Waals surface area (Å²) in [5, 5.41) is 13.7. The molecule has 0 unspecified atom stereocenters. The van der Waals surface area contributed by atoms with Crippen molar-refractivity contribution in [2.75, 3.05) is 30.9 Å². The average molecular weight is 335 g/mol. The zero-order valence-corrected chi connectivity index (χ0v) is 12.9. The van der Waals surface area contributed by atoms with Gasteiger partial charge in [0.05, 0.1) is 10.6 Å². The Bertz CT molecular complexity index is 658. The third-order valence-electron chi connectivity index (χ3n) is 3.15. The second-order valence-electron chi connectivity index (χ2n) is 4.63. The first kappa shape index (κ1) is 16.0. The highest BCUT2D eigenvalue weighted by Crippen LogP contribution is 2.31. The number of hydrogen-bond acceptors (Lipinski definition) is 5. The molecule has 1 aromatic rings. The SMILES string of the molecule is Cc1cc([N+](=O)[O-])c(Cl)cc1NS(=O)(=O)N1CCNCC1. The molecular weight excluding hydrogens is 320 g/mol. The maximum atomic E-state index is 12.2. The zero-order valence-electron chi connectivity index (χ0n) is 11.3. The summed E-state index contributed by atoms with van der Waals surface area (Å²) in [5.74, 6) is 0. The van der Waals surface area contributed by atoms with E-state index in [1.54, 1.807) is 6.92 Å². The van der Waals surface area contributed by atoms with Gasteiger partial charge in [0.25, 0.3) is 5.69 Å². The fourth-order valence-electron chi connectivity index (χ4n) is 2.00. The fourth-order valence-corrected chi connectivity index (χ4v) is 3.53. The van der Waals surface area contributed by atoms with Crippen molar-refractivity contribution in [3.05, 3.63) is 32.8 Å². The Hall–Kier alpha value is -1.42. The lowest BCUT2D eigenvalue weighted by atomic mass is 10.2. The van der Waals surface area contributed by atoms with E-state index in [2.05, 4.69) is 10.0 Å². The van der Waals surface area contributed by atoms with Crippen LogP contribution in [0.4, 0.5) is 11.4 Å². The van der Waals surface area contributed by atoms with E-state index in [0.717, 1.165) is 0 Å². The Morgan fingerprint density at radius 2 is 2.00 bits per heavy atom. The van der Waals surface area contributed by atoms with Crippen LogP contribution >= 0.6 is 11.6 Å². The van der Waals surface area contributed by atoms with Crippen molar-refractivity contribution in [2.24, 2.45) is 0 Å². The molecule has 0 aliphatic carbocycles. The van der Waals surface area contributed by atoms with E-state index in [9.17, 15) is 18.5 Å². The van der Waals surface area contributed by atoms with Crippen LogP contribution in [-0.4, -0.2) is 43.8 Å². The molecule has 1 heterocycles. The van der Waals surface area contributed by atoms with E-state index >= 15 is 0 Å². The van der Waals surface area contributed by atoms with Gasteiger partial charge in [0.1, 0.15) is 5.02 Å². The lowest BCUT2D eigenvalue weighted by Crippen LogP contribution is -2.48. The number of nitrogens with one attached hydrogen (secondary N) is 2. The van der Waals surface area contributed by atoms with Gasteiger partial charge in [-0.15, -0.1) is 0 Å². The first-order chi connectivity index (χ1) is 9.81. The van der Waals surface area contributed by atoms with Crippen LogP contribution in [0.5, 0.6) is 0 Å². The van der Waals surface area contributed by atoms with Crippen molar-refractivity contribution in [3.8, 4) is 0 Å². The molecule has 1 aliphatic rings. The molecule has 2 rings (SSSR count). The van der Waals surface area contributed by atoms with Gasteiger partial charge in [0, 0.05) is 32.2 Å². The van der Waals surface area contributed by atoms with Gasteiger partial charge >= 0.3 is 10.2 Å². The van der Waals surface area contributed by atoms with Crippen molar-refractivity contribution in [1.29, 1.82) is 0 Å². The standard InChI is InChI=1S/C11H15ClN4O4S/c1-8-6-11(16(17)18)9(12)7-10(8)14-21(19,20)15-4-2-13-3-5-15/h6-7,13-14H,2-5H2,1H3. The second kappa shape index (κ2) is 6.14. The van der Waals surface area contributed by atoms with Crippen molar-refractivity contribution >= 4 is 33.2 Å². The van der Waals surface area contributed by atoms with Crippen LogP contribution < -0.4 is 10.0 Å². The molecule has 116 valence electrons. The van der Waals surface area contributed by atoms with Gasteiger partial charge in [-0.05, 0) is 18.6 Å². The normalized spacial score (nSPS) is 16.7. The molecule has 0 amide bonds. The minimum absolute atomic E-state index is 0.108. The monoisotopic (exact) mass is 334 g/mol. The third-order valence-corrected chi connectivity index (χ3v) is 4.97. The minimum Gasteiger partial charge on any atom is -0.314 e. The van der Waals surface area contributed by atoms with E-state index < -0.39 is 15.1 Å². The van der Waals surface area contributed by atoms with Crippen molar-refractivity contribution in [3.63, 3.8) is 0 Å². The van der Waals surface area contributed by atoms with Crippen LogP contribution in [0.1, 0.15) is 5.56 Å². The van der Waals surface area contributed by atoms with E-state index in [4.69, 9.17) is 11.6 Å². The van der Waals surface area contributed by atoms with E-state index in [0.29, 0.717) is 31.7 Å². The predicted octanol–water partition coefficient (Wildman–Crippen LogP) is 1.12. The van der Waals surface area contributed by atoms with Crippen LogP contribution in [0, 0.1) is 17.0 Å². The molecule has 1 fully saturated rings. The van der Waals surface area contributed by atoms with Crippen LogP contribution in [0.15, 0.2) is 12.1 Å². The number of halogens is 1. The van der Waals surface area contributed by atoms with Gasteiger partial charge in [-0.2, -0.15) is 12.7 Å². The molecule has 1 aromatic carbocycles. The molecule has 21 heavy (non-hydrogen) atoms. The van der Waals surface area contributed by atoms with Gasteiger partial charge in [0.15, 0.2) is 0 Å². The molecule has 0 radical (unpaired) electrons. The molecule has 1 saturated heterocycles. The van der Waals surface area contributed by atoms with Crippen molar-refractivity contribution < 1.29 is 13.3 Å². The quantitative estimate of drug-likeness (QED) is 0.634. The predicted molar refractivity (Wildman–Crippen MR) is 79.8 cm³/mol. The Morgan fingerprint density at radius 3 is 2.57 bits per heavy atom. The van der Waals surface area contributed by atoms with Crippen LogP contribution in [0.3, 0.4) is 0 Å². The van der Waals surface area contributed by atoms with Crippen molar-refractivity contribution in [2.45, 2.75) is 6.92 Å². The number of piperazine rings is 1. The molecule has 0 bridgehead atoms. The fraction of sp³-hybridized carbons (Fsp3) is 0.455. The average Bonchev–Trinajstić information content (AvgIpc) is 2.43. The smallest absolute Gasteiger partial charge is 0.301 e. The summed E-state index contributed by atoms with van der Waals surface area (Å²) in [7, 11) is -3.69. The van der Waals surface area contributed by atoms with Gasteiger partial charge in [0.2, 0.25) is 0 Å². The number of hydrogen-bond donors (Lipinski definition) is 2. The lowest BCUT2D eigenvalue weighted by molar-refractivity contribution is -0.384. The summed E-state index contributed by atoms with van der Waals surface area (Å²) in [6, 6.07) is 2.51. The zero-order chi connectivity index (χ0) is 15.6. The highest BCUT2D eigenvalue weighted by Gasteiger charge is 2.25. The van der Waals surface area contributed by atoms with Gasteiger partial charge in [-0.1, -0.05) is 11.6 Å². The summed E-state index contributed by atoms with van der Waals surface area (Å²) < 4.78 is 28.2. The van der Waals surface area contributed by atoms with Crippen LogP contribution in [0.25, 0.3) is 0 Å². The van der Waals surface area contributed by atoms with Gasteiger partial charge < -0.3 is 5.32 Å². The minimum atomic E-state index is -3.69. The Morgan fingerprint density at radius 1 is 1.38 bits per heavy atom. The number of anilines is 1. The molecule has 0 aromatic heterocycles. The molecule has 0 atom stereocenters. The van der Waals surface area contributed by atoms with E-state index in [-0.39, 0.29) is 16.4 Å². The van der Waals surface area contributed by atoms with E-state index in [1.165, 1.54) is 16.4 Å². The number of nitro groups is 1. The molecule has 1 aliphatic heterocycles. The molecule has 8 nitrogen and oxygen atoms in total. The first-order valence-electron chi connectivity index (χ1n) is 6.24. The molecular formula is C11H15ClN4O4S. The number of rotatable bonds is 4. The number of benzene rings is 1. The highest BCUT2D eigenvalue weighted by molar-refractivity contribution is 7.90. The molecule has 0 saturated carbocycles. The molecule has 0 spiro atoms. The maximum absolute atomic E-state index is 12.2. The van der Waals surface area contributed by atoms with Crippen LogP contribution in [-0.2, 0) is 10.2 Å². The van der Waals surface area contributed by atoms with Gasteiger partial charge in [-0.3, -0.25) is 14.8 Å². The summed E-state index contributed by atoms with van der Waals surface area (Å²) >= 11 is 5.81. The lowest BCUT2D eigenvalue weighted by Gasteiger charge is -2.27. The largest absolute Gasteiger partial charge is 0.314 e. The highest BCUT2D eigenvalue weighted by atomic mass is 35.5. The maximum Gasteiger partial charge on any atom is 0.301 e. The summed E-state index contributed by atoms with van der Waals surface area (Å²) in [6.07, 6.45) is 0. The topological polar surface area (TPSA) is 105 Å². The molecule has 2 N–H and O–H groups in total. The Kier molecular flexibility index (Phi) is 4.67. The summed E-state index contributed by atoms with van der Waals surface area (Å²) in [6.45, 7) is 3.49. The number of nitrogens with zero attached hydrogens (tertiary/aromatic N) is 2. The third kappa shape index (κ3) is 3.62. The van der Waals surface area contributed by atoms with Crippen LogP contribution in [0.2, 0.25) is 5.02 Å². The number of nitro benzene ring substituents is 1. The Balaban J connectivity index is 2.26. The summed E-state index contributed by atoms with van der Waals surface area (Å²) in [5.41, 5.74) is 0.424. The first-order valence-corrected chi connectivity index (χ1v) is 8.06. The van der Waals surface area contributed by atoms with Gasteiger partial charge in [-0.25, -0.2) is 0 Å². The number of aryl methyl sites for hydroxylation is 1. The summed E-state index contributed by atoms with van der Waals surface area (Å²) in [4.78, 5) is 10.2. The Labute approximate surface area is 127 Å². The second-order valence-corrected chi connectivity index (χ2v) is 6.71. The van der Waals surface area contributed by atoms with E-state index in [1.807, 2.05) is 0 Å². The van der Waals surface area contributed by atoms with Crippen molar-refractivity contribution in [1.82, 2.24) is 9.62 Å².